The van der Waals surface area contributed by atoms with E-state index in [1.165, 1.54) is 28.6 Å². The van der Waals surface area contributed by atoms with Crippen LogP contribution in [0.2, 0.25) is 0 Å². The van der Waals surface area contributed by atoms with E-state index in [-0.39, 0.29) is 24.5 Å². The van der Waals surface area contributed by atoms with Crippen LogP contribution in [0.4, 0.5) is 17.6 Å². The van der Waals surface area contributed by atoms with Gasteiger partial charge in [0, 0.05) is 39.3 Å². The molecule has 6 nitrogen and oxygen atoms in total. The molecular weight excluding hydrogens is 438 g/mol. The molecule has 168 valence electrons. The number of sulfonamides is 1. The highest BCUT2D eigenvalue weighted by molar-refractivity contribution is 7.89. The average molecular weight is 459 g/mol. The van der Waals surface area contributed by atoms with Gasteiger partial charge in [-0.1, -0.05) is 12.1 Å². The first-order valence-electron chi connectivity index (χ1n) is 9.51. The monoisotopic (exact) mass is 459 g/mol. The molecule has 0 bridgehead atoms. The van der Waals surface area contributed by atoms with Gasteiger partial charge in [-0.15, -0.1) is 0 Å². The van der Waals surface area contributed by atoms with Crippen molar-refractivity contribution in [1.29, 1.82) is 0 Å². The summed E-state index contributed by atoms with van der Waals surface area (Å²) in [5.74, 6) is -1.34. The Labute approximate surface area is 177 Å². The van der Waals surface area contributed by atoms with Crippen LogP contribution in [-0.4, -0.2) is 62.8 Å². The SMILES string of the molecule is O=C(NCCN1CCN(S(=O)(=O)c2ccc(F)cc2)CC1)c1ccccc1C(F)(F)F. The third-order valence-corrected chi connectivity index (χ3v) is 6.89. The molecule has 1 fully saturated rings. The first-order chi connectivity index (χ1) is 14.6. The average Bonchev–Trinajstić information content (AvgIpc) is 2.74. The number of nitrogens with one attached hydrogen (secondary N) is 1. The minimum atomic E-state index is -4.62. The highest BCUT2D eigenvalue weighted by Gasteiger charge is 2.35. The van der Waals surface area contributed by atoms with Crippen molar-refractivity contribution in [2.75, 3.05) is 39.3 Å². The van der Waals surface area contributed by atoms with Gasteiger partial charge >= 0.3 is 6.18 Å². The summed E-state index contributed by atoms with van der Waals surface area (Å²) >= 11 is 0. The number of alkyl halides is 3. The lowest BCUT2D eigenvalue weighted by Gasteiger charge is -2.34. The summed E-state index contributed by atoms with van der Waals surface area (Å²) in [4.78, 5) is 14.1. The highest BCUT2D eigenvalue weighted by Crippen LogP contribution is 2.31. The van der Waals surface area contributed by atoms with Gasteiger partial charge in [0.05, 0.1) is 16.0 Å². The van der Waals surface area contributed by atoms with Crippen LogP contribution in [0, 0.1) is 5.82 Å². The summed E-state index contributed by atoms with van der Waals surface area (Å²) in [5.41, 5.74) is -1.43. The lowest BCUT2D eigenvalue weighted by atomic mass is 10.1. The first kappa shape index (κ1) is 23.2. The van der Waals surface area contributed by atoms with E-state index in [4.69, 9.17) is 0 Å². The largest absolute Gasteiger partial charge is 0.417 e. The molecule has 0 aliphatic carbocycles. The van der Waals surface area contributed by atoms with Crippen molar-refractivity contribution in [3.05, 3.63) is 65.5 Å². The Balaban J connectivity index is 1.50. The minimum absolute atomic E-state index is 0.0120. The fourth-order valence-corrected chi connectivity index (χ4v) is 4.72. The maximum Gasteiger partial charge on any atom is 0.417 e. The number of amides is 1. The van der Waals surface area contributed by atoms with Crippen LogP contribution in [0.25, 0.3) is 0 Å². The van der Waals surface area contributed by atoms with Crippen molar-refractivity contribution in [3.63, 3.8) is 0 Å². The van der Waals surface area contributed by atoms with Crippen molar-refractivity contribution >= 4 is 15.9 Å². The Kier molecular flexibility index (Phi) is 6.97. The zero-order valence-corrected chi connectivity index (χ0v) is 17.2. The Hall–Kier alpha value is -2.50. The molecule has 0 unspecified atom stereocenters. The molecule has 0 atom stereocenters. The summed E-state index contributed by atoms with van der Waals surface area (Å²) in [6, 6.07) is 9.17. The van der Waals surface area contributed by atoms with Gasteiger partial charge in [-0.25, -0.2) is 12.8 Å². The van der Waals surface area contributed by atoms with Gasteiger partial charge < -0.3 is 5.32 Å². The second-order valence-electron chi connectivity index (χ2n) is 7.00. The molecule has 1 aliphatic rings. The predicted molar refractivity (Wildman–Crippen MR) is 105 cm³/mol. The van der Waals surface area contributed by atoms with Gasteiger partial charge in [0.2, 0.25) is 10.0 Å². The van der Waals surface area contributed by atoms with Crippen LogP contribution in [0.3, 0.4) is 0 Å². The van der Waals surface area contributed by atoms with E-state index < -0.39 is 39.1 Å². The number of nitrogens with zero attached hydrogens (tertiary/aromatic N) is 2. The number of piperazine rings is 1. The Morgan fingerprint density at radius 3 is 2.19 bits per heavy atom. The molecule has 2 aromatic carbocycles. The lowest BCUT2D eigenvalue weighted by molar-refractivity contribution is -0.137. The molecule has 1 aliphatic heterocycles. The molecule has 11 heteroatoms. The smallest absolute Gasteiger partial charge is 0.351 e. The molecule has 31 heavy (non-hydrogen) atoms. The summed E-state index contributed by atoms with van der Waals surface area (Å²) < 4.78 is 78.7. The molecular formula is C20H21F4N3O3S. The number of rotatable bonds is 6. The van der Waals surface area contributed by atoms with Crippen molar-refractivity contribution in [2.24, 2.45) is 0 Å². The van der Waals surface area contributed by atoms with E-state index in [1.807, 2.05) is 4.90 Å². The second kappa shape index (κ2) is 9.33. The molecule has 1 saturated heterocycles. The zero-order chi connectivity index (χ0) is 22.6. The van der Waals surface area contributed by atoms with Gasteiger partial charge in [-0.05, 0) is 36.4 Å². The highest BCUT2D eigenvalue weighted by atomic mass is 32.2. The van der Waals surface area contributed by atoms with Gasteiger partial charge in [-0.3, -0.25) is 9.69 Å². The van der Waals surface area contributed by atoms with Gasteiger partial charge in [-0.2, -0.15) is 17.5 Å². The molecule has 2 aromatic rings. The molecule has 1 heterocycles. The van der Waals surface area contributed by atoms with Crippen molar-refractivity contribution in [1.82, 2.24) is 14.5 Å². The Morgan fingerprint density at radius 1 is 0.968 bits per heavy atom. The van der Waals surface area contributed by atoms with E-state index in [2.05, 4.69) is 5.32 Å². The van der Waals surface area contributed by atoms with E-state index in [1.54, 1.807) is 0 Å². The van der Waals surface area contributed by atoms with Crippen LogP contribution in [0.15, 0.2) is 53.4 Å². The van der Waals surface area contributed by atoms with Gasteiger partial charge in [0.15, 0.2) is 0 Å². The predicted octanol–water partition coefficient (Wildman–Crippen LogP) is 2.58. The summed E-state index contributed by atoms with van der Waals surface area (Å²) in [6.45, 7) is 1.71. The second-order valence-corrected chi connectivity index (χ2v) is 8.94. The van der Waals surface area contributed by atoms with Crippen LogP contribution in [0.5, 0.6) is 0 Å². The van der Waals surface area contributed by atoms with E-state index in [0.29, 0.717) is 19.6 Å². The molecule has 0 radical (unpaired) electrons. The lowest BCUT2D eigenvalue weighted by Crippen LogP contribution is -2.50. The van der Waals surface area contributed by atoms with E-state index in [9.17, 15) is 30.8 Å². The van der Waals surface area contributed by atoms with Crippen LogP contribution in [-0.2, 0) is 16.2 Å². The van der Waals surface area contributed by atoms with Crippen molar-refractivity contribution in [3.8, 4) is 0 Å². The number of halogens is 4. The number of hydrogen-bond donors (Lipinski definition) is 1. The maximum atomic E-state index is 13.0. The molecule has 3 rings (SSSR count). The summed E-state index contributed by atoms with van der Waals surface area (Å²) in [7, 11) is -3.73. The standard InChI is InChI=1S/C20H21F4N3O3S/c21-15-5-7-16(8-6-15)31(29,30)27-13-11-26(12-14-27)10-9-25-19(28)17-3-1-2-4-18(17)20(22,23)24/h1-8H,9-14H2,(H,25,28). The van der Waals surface area contributed by atoms with Crippen LogP contribution in [0.1, 0.15) is 15.9 Å². The topological polar surface area (TPSA) is 69.7 Å². The van der Waals surface area contributed by atoms with Crippen LogP contribution >= 0.6 is 0 Å². The normalized spacial score (nSPS) is 16.3. The first-order valence-corrected chi connectivity index (χ1v) is 11.0. The maximum absolute atomic E-state index is 13.0. The zero-order valence-electron chi connectivity index (χ0n) is 16.4. The third kappa shape index (κ3) is 5.60. The number of benzene rings is 2. The number of carbonyl (C=O) groups excluding carboxylic acids is 1. The Bertz CT molecular complexity index is 1020. The number of carbonyl (C=O) groups is 1. The summed E-state index contributed by atoms with van der Waals surface area (Å²) in [5, 5.41) is 2.48. The molecule has 1 N–H and O–H groups in total. The van der Waals surface area contributed by atoms with E-state index >= 15 is 0 Å². The Morgan fingerprint density at radius 2 is 1.58 bits per heavy atom. The fourth-order valence-electron chi connectivity index (χ4n) is 3.30. The number of hydrogen-bond acceptors (Lipinski definition) is 4. The molecule has 0 aromatic heterocycles. The molecule has 0 spiro atoms. The van der Waals surface area contributed by atoms with E-state index in [0.717, 1.165) is 24.3 Å². The fraction of sp³-hybridized carbons (Fsp3) is 0.350. The van der Waals surface area contributed by atoms with Crippen molar-refractivity contribution < 1.29 is 30.8 Å². The van der Waals surface area contributed by atoms with Crippen molar-refractivity contribution in [2.45, 2.75) is 11.1 Å². The van der Waals surface area contributed by atoms with Crippen LogP contribution < -0.4 is 5.32 Å². The summed E-state index contributed by atoms with van der Waals surface area (Å²) in [6.07, 6.45) is -4.62. The molecule has 1 amide bonds. The quantitative estimate of drug-likeness (QED) is 0.675. The molecule has 0 saturated carbocycles. The van der Waals surface area contributed by atoms with Gasteiger partial charge in [0.1, 0.15) is 5.82 Å². The third-order valence-electron chi connectivity index (χ3n) is 4.97. The van der Waals surface area contributed by atoms with Gasteiger partial charge in [0.25, 0.3) is 5.91 Å². The minimum Gasteiger partial charge on any atom is -0.351 e.